The fraction of sp³-hybridized carbons (Fsp3) is 0.667. The first-order chi connectivity index (χ1) is 8.24. The number of aromatic nitrogens is 2. The molecule has 1 aromatic rings. The minimum absolute atomic E-state index is 0.500. The van der Waals surface area contributed by atoms with Gasteiger partial charge in [-0.15, -0.1) is 0 Å². The molecule has 1 saturated heterocycles. The third-order valence-corrected chi connectivity index (χ3v) is 3.36. The van der Waals surface area contributed by atoms with Crippen molar-refractivity contribution in [1.82, 2.24) is 9.97 Å². The quantitative estimate of drug-likeness (QED) is 0.618. The Morgan fingerprint density at radius 2 is 2.29 bits per heavy atom. The molecule has 0 amide bonds. The van der Waals surface area contributed by atoms with Crippen LogP contribution in [-0.4, -0.2) is 22.6 Å². The molecule has 1 fully saturated rings. The lowest BCUT2D eigenvalue weighted by atomic mass is 10.00. The zero-order valence-corrected chi connectivity index (χ0v) is 10.6. The molecular formula is C12H21N5. The van der Waals surface area contributed by atoms with Crippen molar-refractivity contribution >= 4 is 11.8 Å². The minimum Gasteiger partial charge on any atom is -0.353 e. The topological polar surface area (TPSA) is 67.1 Å². The Hall–Kier alpha value is -1.36. The maximum atomic E-state index is 5.39. The predicted octanol–water partition coefficient (Wildman–Crippen LogP) is 1.84. The van der Waals surface area contributed by atoms with Gasteiger partial charge in [0.05, 0.1) is 0 Å². The van der Waals surface area contributed by atoms with Gasteiger partial charge in [0.2, 0.25) is 5.95 Å². The first-order valence-electron chi connectivity index (χ1n) is 6.33. The summed E-state index contributed by atoms with van der Waals surface area (Å²) in [6.45, 7) is 5.29. The lowest BCUT2D eigenvalue weighted by Gasteiger charge is -2.36. The summed E-state index contributed by atoms with van der Waals surface area (Å²) in [5.41, 5.74) is 3.48. The largest absolute Gasteiger partial charge is 0.353 e. The molecule has 1 unspecified atom stereocenters. The second-order valence-corrected chi connectivity index (χ2v) is 4.59. The van der Waals surface area contributed by atoms with Crippen molar-refractivity contribution in [3.05, 3.63) is 11.8 Å². The molecule has 1 aliphatic rings. The highest BCUT2D eigenvalue weighted by molar-refractivity contribution is 5.45. The Morgan fingerprint density at radius 3 is 3.00 bits per heavy atom. The molecular weight excluding hydrogens is 214 g/mol. The number of hydrogen-bond donors (Lipinski definition) is 2. The van der Waals surface area contributed by atoms with Gasteiger partial charge in [-0.2, -0.15) is 4.98 Å². The molecule has 0 radical (unpaired) electrons. The van der Waals surface area contributed by atoms with Gasteiger partial charge >= 0.3 is 0 Å². The van der Waals surface area contributed by atoms with E-state index in [1.165, 1.54) is 19.3 Å². The molecule has 0 spiro atoms. The highest BCUT2D eigenvalue weighted by Crippen LogP contribution is 2.25. The molecule has 2 heterocycles. The van der Waals surface area contributed by atoms with E-state index in [9.17, 15) is 0 Å². The van der Waals surface area contributed by atoms with E-state index in [2.05, 4.69) is 27.2 Å². The standard InChI is InChI=1S/C12H21N5/c1-3-10-6-4-5-7-17(10)11-8-9(2)14-12(15-11)16-13/h8,10H,3-7,13H2,1-2H3,(H,14,15,16). The lowest BCUT2D eigenvalue weighted by Crippen LogP contribution is -2.39. The fourth-order valence-corrected chi connectivity index (χ4v) is 2.49. The Kier molecular flexibility index (Phi) is 3.78. The Balaban J connectivity index is 2.27. The third kappa shape index (κ3) is 2.66. The van der Waals surface area contributed by atoms with Gasteiger partial charge in [-0.25, -0.2) is 10.8 Å². The number of aryl methyl sites for hydroxylation is 1. The van der Waals surface area contributed by atoms with E-state index in [1.807, 2.05) is 13.0 Å². The molecule has 5 heteroatoms. The van der Waals surface area contributed by atoms with E-state index in [1.54, 1.807) is 0 Å². The normalized spacial score (nSPS) is 20.4. The van der Waals surface area contributed by atoms with Crippen LogP contribution >= 0.6 is 0 Å². The lowest BCUT2D eigenvalue weighted by molar-refractivity contribution is 0.446. The van der Waals surface area contributed by atoms with Crippen LogP contribution in [-0.2, 0) is 0 Å². The summed E-state index contributed by atoms with van der Waals surface area (Å²) in [5.74, 6) is 6.89. The average molecular weight is 235 g/mol. The molecule has 1 aromatic heterocycles. The van der Waals surface area contributed by atoms with Crippen LogP contribution in [0.5, 0.6) is 0 Å². The number of hydrazine groups is 1. The van der Waals surface area contributed by atoms with Crippen LogP contribution < -0.4 is 16.2 Å². The number of nitrogens with two attached hydrogens (primary N) is 1. The highest BCUT2D eigenvalue weighted by Gasteiger charge is 2.22. The van der Waals surface area contributed by atoms with Crippen molar-refractivity contribution in [1.29, 1.82) is 0 Å². The van der Waals surface area contributed by atoms with Crippen LogP contribution in [0.2, 0.25) is 0 Å². The molecule has 94 valence electrons. The molecule has 1 atom stereocenters. The van der Waals surface area contributed by atoms with Gasteiger partial charge in [0.15, 0.2) is 0 Å². The maximum absolute atomic E-state index is 5.39. The SMILES string of the molecule is CCC1CCCCN1c1cc(C)nc(NN)n1. The molecule has 5 nitrogen and oxygen atoms in total. The van der Waals surface area contributed by atoms with E-state index in [0.717, 1.165) is 24.5 Å². The summed E-state index contributed by atoms with van der Waals surface area (Å²) < 4.78 is 0. The van der Waals surface area contributed by atoms with Crippen molar-refractivity contribution in [3.63, 3.8) is 0 Å². The van der Waals surface area contributed by atoms with Gasteiger partial charge < -0.3 is 4.90 Å². The number of hydrogen-bond acceptors (Lipinski definition) is 5. The highest BCUT2D eigenvalue weighted by atomic mass is 15.3. The summed E-state index contributed by atoms with van der Waals surface area (Å²) in [7, 11) is 0. The first-order valence-corrected chi connectivity index (χ1v) is 6.33. The first kappa shape index (κ1) is 12.1. The van der Waals surface area contributed by atoms with Crippen LogP contribution in [0, 0.1) is 6.92 Å². The second kappa shape index (κ2) is 5.31. The second-order valence-electron chi connectivity index (χ2n) is 4.59. The summed E-state index contributed by atoms with van der Waals surface area (Å²) in [6.07, 6.45) is 4.98. The smallest absolute Gasteiger partial charge is 0.239 e. The monoisotopic (exact) mass is 235 g/mol. The predicted molar refractivity (Wildman–Crippen MR) is 69.9 cm³/mol. The van der Waals surface area contributed by atoms with Gasteiger partial charge in [0.25, 0.3) is 0 Å². The molecule has 0 aromatic carbocycles. The number of anilines is 2. The number of piperidine rings is 1. The van der Waals surface area contributed by atoms with E-state index < -0.39 is 0 Å². The van der Waals surface area contributed by atoms with Gasteiger partial charge in [0.1, 0.15) is 5.82 Å². The van der Waals surface area contributed by atoms with Gasteiger partial charge in [-0.3, -0.25) is 5.43 Å². The van der Waals surface area contributed by atoms with Crippen LogP contribution in [0.1, 0.15) is 38.3 Å². The Morgan fingerprint density at radius 1 is 1.47 bits per heavy atom. The number of nitrogens with zero attached hydrogens (tertiary/aromatic N) is 3. The van der Waals surface area contributed by atoms with Gasteiger partial charge in [-0.05, 0) is 32.6 Å². The zero-order chi connectivity index (χ0) is 12.3. The van der Waals surface area contributed by atoms with Crippen molar-refractivity contribution in [3.8, 4) is 0 Å². The molecule has 0 bridgehead atoms. The van der Waals surface area contributed by atoms with E-state index in [4.69, 9.17) is 5.84 Å². The summed E-state index contributed by atoms with van der Waals surface area (Å²) in [5, 5.41) is 0. The maximum Gasteiger partial charge on any atom is 0.239 e. The summed E-state index contributed by atoms with van der Waals surface area (Å²) in [4.78, 5) is 11.1. The average Bonchev–Trinajstić information content (AvgIpc) is 2.37. The Bertz CT molecular complexity index is 379. The fourth-order valence-electron chi connectivity index (χ4n) is 2.49. The summed E-state index contributed by atoms with van der Waals surface area (Å²) in [6, 6.07) is 2.64. The van der Waals surface area contributed by atoms with Crippen LogP contribution in [0.3, 0.4) is 0 Å². The van der Waals surface area contributed by atoms with E-state index in [-0.39, 0.29) is 0 Å². The van der Waals surface area contributed by atoms with Crippen molar-refractivity contribution < 1.29 is 0 Å². The van der Waals surface area contributed by atoms with Crippen LogP contribution in [0.25, 0.3) is 0 Å². The molecule has 3 N–H and O–H groups in total. The molecule has 1 aliphatic heterocycles. The van der Waals surface area contributed by atoms with Crippen LogP contribution in [0.15, 0.2) is 6.07 Å². The molecule has 0 aliphatic carbocycles. The number of nitrogen functional groups attached to an aromatic ring is 1. The molecule has 0 saturated carbocycles. The summed E-state index contributed by atoms with van der Waals surface area (Å²) >= 11 is 0. The number of rotatable bonds is 3. The Labute approximate surface area is 102 Å². The zero-order valence-electron chi connectivity index (χ0n) is 10.6. The molecule has 17 heavy (non-hydrogen) atoms. The van der Waals surface area contributed by atoms with Crippen molar-refractivity contribution in [2.45, 2.75) is 45.6 Å². The number of nitrogens with one attached hydrogen (secondary N) is 1. The van der Waals surface area contributed by atoms with Crippen LogP contribution in [0.4, 0.5) is 11.8 Å². The van der Waals surface area contributed by atoms with Crippen molar-refractivity contribution in [2.24, 2.45) is 5.84 Å². The van der Waals surface area contributed by atoms with E-state index >= 15 is 0 Å². The van der Waals surface area contributed by atoms with E-state index in [0.29, 0.717) is 12.0 Å². The van der Waals surface area contributed by atoms with Gasteiger partial charge in [-0.1, -0.05) is 6.92 Å². The van der Waals surface area contributed by atoms with Gasteiger partial charge in [0, 0.05) is 24.3 Å². The third-order valence-electron chi connectivity index (χ3n) is 3.36. The van der Waals surface area contributed by atoms with Crippen molar-refractivity contribution in [2.75, 3.05) is 16.9 Å². The minimum atomic E-state index is 0.500. The molecule has 2 rings (SSSR count).